The fourth-order valence-electron chi connectivity index (χ4n) is 2.94. The van der Waals surface area contributed by atoms with Crippen LogP contribution in [0.5, 0.6) is 0 Å². The maximum Gasteiger partial charge on any atom is 0.325 e. The van der Waals surface area contributed by atoms with Crippen LogP contribution in [0, 0.1) is 0 Å². The van der Waals surface area contributed by atoms with Gasteiger partial charge in [0.2, 0.25) is 5.13 Å². The zero-order valence-corrected chi connectivity index (χ0v) is 15.6. The number of amides is 1. The van der Waals surface area contributed by atoms with Crippen molar-refractivity contribution in [2.75, 3.05) is 23.0 Å². The third kappa shape index (κ3) is 3.42. The highest BCUT2D eigenvalue weighted by Gasteiger charge is 2.30. The number of carbonyl (C=O) groups excluding carboxylic acids is 1. The van der Waals surface area contributed by atoms with Gasteiger partial charge >= 0.3 is 6.01 Å². The lowest BCUT2D eigenvalue weighted by molar-refractivity contribution is 0.101. The molecule has 26 heavy (non-hydrogen) atoms. The van der Waals surface area contributed by atoms with Crippen molar-refractivity contribution in [2.24, 2.45) is 0 Å². The topological polar surface area (TPSA) is 97.0 Å². The smallest absolute Gasteiger partial charge is 0.317 e. The number of hydrogen-bond donors (Lipinski definition) is 1. The van der Waals surface area contributed by atoms with Gasteiger partial charge in [0.15, 0.2) is 4.34 Å². The van der Waals surface area contributed by atoms with Gasteiger partial charge in [0.1, 0.15) is 0 Å². The van der Waals surface area contributed by atoms with E-state index in [9.17, 15) is 4.79 Å². The average Bonchev–Trinajstić information content (AvgIpc) is 3.41. The molecule has 0 spiro atoms. The zero-order valence-electron chi connectivity index (χ0n) is 14.0. The van der Waals surface area contributed by atoms with Crippen LogP contribution in [0.4, 0.5) is 11.1 Å². The van der Waals surface area contributed by atoms with Crippen LogP contribution in [0.25, 0.3) is 0 Å². The van der Waals surface area contributed by atoms with Crippen LogP contribution < -0.4 is 10.2 Å². The van der Waals surface area contributed by atoms with Gasteiger partial charge in [-0.05, 0) is 29.8 Å². The maximum absolute atomic E-state index is 12.3. The monoisotopic (exact) mass is 388 g/mol. The third-order valence-electron chi connectivity index (χ3n) is 4.10. The molecule has 1 fully saturated rings. The molecule has 1 aliphatic heterocycles. The van der Waals surface area contributed by atoms with Crippen LogP contribution in [0.3, 0.4) is 0 Å². The molecule has 10 heteroatoms. The highest BCUT2D eigenvalue weighted by molar-refractivity contribution is 8.00. The van der Waals surface area contributed by atoms with E-state index in [1.54, 1.807) is 0 Å². The molecule has 4 rings (SSSR count). The number of nitrogens with one attached hydrogen (secondary N) is 1. The first-order chi connectivity index (χ1) is 12.7. The molecule has 1 amide bonds. The molecule has 1 aromatic carbocycles. The van der Waals surface area contributed by atoms with E-state index in [1.165, 1.54) is 28.7 Å². The predicted molar refractivity (Wildman–Crippen MR) is 99.7 cm³/mol. The van der Waals surface area contributed by atoms with Gasteiger partial charge in [-0.2, -0.15) is 4.98 Å². The van der Waals surface area contributed by atoms with Crippen molar-refractivity contribution in [3.63, 3.8) is 0 Å². The van der Waals surface area contributed by atoms with Crippen molar-refractivity contribution >= 4 is 40.2 Å². The summed E-state index contributed by atoms with van der Waals surface area (Å²) in [6, 6.07) is 10.8. The van der Waals surface area contributed by atoms with Crippen LogP contribution in [0.2, 0.25) is 0 Å². The van der Waals surface area contributed by atoms with E-state index in [-0.39, 0.29) is 11.9 Å². The van der Waals surface area contributed by atoms with Gasteiger partial charge in [-0.15, -0.1) is 10.2 Å². The van der Waals surface area contributed by atoms with E-state index in [0.29, 0.717) is 11.1 Å². The second-order valence-electron chi connectivity index (χ2n) is 5.69. The standard InChI is InChI=1S/C16H16N6O2S2/c1-25-16-20-19-14(26-16)18-13(23)12-17-15(24-21-12)22-9-5-8-11(22)10-6-3-2-4-7-10/h2-4,6-7,11H,5,8-9H2,1H3,(H,18,19,23). The second-order valence-corrected chi connectivity index (χ2v) is 7.72. The van der Waals surface area contributed by atoms with Gasteiger partial charge in [0.05, 0.1) is 6.04 Å². The Bertz CT molecular complexity index is 897. The minimum Gasteiger partial charge on any atom is -0.317 e. The first-order valence-electron chi connectivity index (χ1n) is 8.09. The largest absolute Gasteiger partial charge is 0.325 e. The molecule has 1 aliphatic rings. The van der Waals surface area contributed by atoms with E-state index in [1.807, 2.05) is 24.5 Å². The average molecular weight is 388 g/mol. The van der Waals surface area contributed by atoms with E-state index >= 15 is 0 Å². The summed E-state index contributed by atoms with van der Waals surface area (Å²) in [7, 11) is 0. The Kier molecular flexibility index (Phi) is 4.85. The van der Waals surface area contributed by atoms with Crippen molar-refractivity contribution < 1.29 is 9.32 Å². The number of benzene rings is 1. The lowest BCUT2D eigenvalue weighted by atomic mass is 10.1. The lowest BCUT2D eigenvalue weighted by Crippen LogP contribution is -2.23. The summed E-state index contributed by atoms with van der Waals surface area (Å²) in [5.74, 6) is -0.473. The number of aromatic nitrogens is 4. The fraction of sp³-hybridized carbons (Fsp3) is 0.312. The summed E-state index contributed by atoms with van der Waals surface area (Å²) < 4.78 is 6.13. The van der Waals surface area contributed by atoms with E-state index in [0.717, 1.165) is 23.7 Å². The Hall–Kier alpha value is -2.46. The van der Waals surface area contributed by atoms with Gasteiger partial charge in [-0.1, -0.05) is 53.4 Å². The van der Waals surface area contributed by atoms with E-state index in [4.69, 9.17) is 4.52 Å². The first kappa shape index (κ1) is 17.0. The SMILES string of the molecule is CSc1nnc(NC(=O)c2noc(N3CCCC3c3ccccc3)n2)s1. The molecule has 1 saturated heterocycles. The summed E-state index contributed by atoms with van der Waals surface area (Å²) >= 11 is 2.77. The molecule has 134 valence electrons. The first-order valence-corrected chi connectivity index (χ1v) is 10.1. The van der Waals surface area contributed by atoms with Crippen molar-refractivity contribution in [1.82, 2.24) is 20.3 Å². The van der Waals surface area contributed by atoms with Gasteiger partial charge in [0.25, 0.3) is 11.7 Å². The van der Waals surface area contributed by atoms with Gasteiger partial charge in [-0.25, -0.2) is 0 Å². The molecular weight excluding hydrogens is 372 g/mol. The van der Waals surface area contributed by atoms with Crippen molar-refractivity contribution in [1.29, 1.82) is 0 Å². The summed E-state index contributed by atoms with van der Waals surface area (Å²) in [4.78, 5) is 18.6. The van der Waals surface area contributed by atoms with Gasteiger partial charge < -0.3 is 9.42 Å². The van der Waals surface area contributed by atoms with Gasteiger partial charge in [0, 0.05) is 6.54 Å². The Morgan fingerprint density at radius 1 is 1.35 bits per heavy atom. The Morgan fingerprint density at radius 3 is 2.96 bits per heavy atom. The summed E-state index contributed by atoms with van der Waals surface area (Å²) in [5.41, 5.74) is 1.20. The van der Waals surface area contributed by atoms with E-state index < -0.39 is 5.91 Å². The predicted octanol–water partition coefficient (Wildman–Crippen LogP) is 3.24. The quantitative estimate of drug-likeness (QED) is 0.525. The van der Waals surface area contributed by atoms with Crippen LogP contribution in [-0.4, -0.2) is 39.0 Å². The molecule has 0 bridgehead atoms. The molecule has 3 aromatic rings. The molecule has 8 nitrogen and oxygen atoms in total. The minimum absolute atomic E-state index is 0.0142. The molecule has 1 unspecified atom stereocenters. The molecule has 2 aromatic heterocycles. The van der Waals surface area contributed by atoms with Crippen LogP contribution in [0.15, 0.2) is 39.2 Å². The molecule has 0 radical (unpaired) electrons. The Balaban J connectivity index is 1.49. The van der Waals surface area contributed by atoms with Crippen molar-refractivity contribution in [2.45, 2.75) is 23.2 Å². The summed E-state index contributed by atoms with van der Waals surface area (Å²) in [6.07, 6.45) is 3.94. The molecule has 1 N–H and O–H groups in total. The number of nitrogens with zero attached hydrogens (tertiary/aromatic N) is 5. The number of hydrogen-bond acceptors (Lipinski definition) is 9. The Labute approximate surface area is 158 Å². The van der Waals surface area contributed by atoms with Crippen LogP contribution in [-0.2, 0) is 0 Å². The minimum atomic E-state index is -0.459. The van der Waals surface area contributed by atoms with Gasteiger partial charge in [-0.3, -0.25) is 10.1 Å². The third-order valence-corrected chi connectivity index (χ3v) is 5.92. The summed E-state index contributed by atoms with van der Waals surface area (Å²) in [5, 5.41) is 14.7. The van der Waals surface area contributed by atoms with Crippen molar-refractivity contribution in [3.05, 3.63) is 41.7 Å². The molecule has 1 atom stereocenters. The maximum atomic E-state index is 12.3. The number of anilines is 2. The summed E-state index contributed by atoms with van der Waals surface area (Å²) in [6.45, 7) is 0.816. The highest BCUT2D eigenvalue weighted by Crippen LogP contribution is 2.35. The molecule has 0 aliphatic carbocycles. The number of thioether (sulfide) groups is 1. The number of rotatable bonds is 5. The second kappa shape index (κ2) is 7.42. The van der Waals surface area contributed by atoms with Crippen LogP contribution in [0.1, 0.15) is 35.1 Å². The number of carbonyl (C=O) groups is 1. The molecule has 0 saturated carbocycles. The Morgan fingerprint density at radius 2 is 2.19 bits per heavy atom. The van der Waals surface area contributed by atoms with E-state index in [2.05, 4.69) is 42.7 Å². The normalized spacial score (nSPS) is 16.8. The molecule has 3 heterocycles. The molecular formula is C16H16N6O2S2. The highest BCUT2D eigenvalue weighted by atomic mass is 32.2. The lowest BCUT2D eigenvalue weighted by Gasteiger charge is -2.22. The fourth-order valence-corrected chi connectivity index (χ4v) is 4.10. The zero-order chi connectivity index (χ0) is 17.9. The van der Waals surface area contributed by atoms with Crippen molar-refractivity contribution in [3.8, 4) is 0 Å². The van der Waals surface area contributed by atoms with Crippen LogP contribution >= 0.6 is 23.1 Å².